The number of piperidine rings is 1. The number of carbonyl (C=O) groups is 1. The number of nitrogens with zero attached hydrogens (tertiary/aromatic N) is 4. The van der Waals surface area contributed by atoms with Gasteiger partial charge in [0.1, 0.15) is 0 Å². The third kappa shape index (κ3) is 2.88. The number of aromatic nitrogens is 2. The number of hydrogen-bond donors (Lipinski definition) is 1. The zero-order chi connectivity index (χ0) is 18.4. The van der Waals surface area contributed by atoms with Gasteiger partial charge in [-0.05, 0) is 62.9 Å². The molecule has 2 fully saturated rings. The predicted octanol–water partition coefficient (Wildman–Crippen LogP) is 2.22. The predicted molar refractivity (Wildman–Crippen MR) is 99.7 cm³/mol. The van der Waals surface area contributed by atoms with Crippen LogP contribution >= 0.6 is 0 Å². The van der Waals surface area contributed by atoms with E-state index < -0.39 is 0 Å². The molecule has 2 aromatic rings. The van der Waals surface area contributed by atoms with Crippen LogP contribution in [-0.4, -0.2) is 63.8 Å². The highest BCUT2D eigenvalue weighted by molar-refractivity contribution is 5.95. The lowest BCUT2D eigenvalue weighted by Gasteiger charge is -2.31. The fraction of sp³-hybridized carbons (Fsp3) is 0.500. The summed E-state index contributed by atoms with van der Waals surface area (Å²) >= 11 is 0. The smallest absolute Gasteiger partial charge is 0.278 e. The lowest BCUT2D eigenvalue weighted by atomic mass is 9.89. The molecule has 2 aliphatic heterocycles. The first kappa shape index (κ1) is 17.1. The maximum atomic E-state index is 13.0. The second kappa shape index (κ2) is 6.43. The zero-order valence-electron chi connectivity index (χ0n) is 15.6. The molecule has 4 rings (SSSR count). The number of carbonyl (C=O) groups excluding carboxylic acids is 1. The molecule has 2 atom stereocenters. The molecule has 1 aromatic carbocycles. The average Bonchev–Trinajstić information content (AvgIpc) is 3.20. The van der Waals surface area contributed by atoms with Crippen LogP contribution in [0.1, 0.15) is 28.0 Å². The molecule has 2 saturated heterocycles. The summed E-state index contributed by atoms with van der Waals surface area (Å²) in [6.45, 7) is 7.72. The molecule has 0 spiro atoms. The van der Waals surface area contributed by atoms with E-state index in [2.05, 4.69) is 17.0 Å². The van der Waals surface area contributed by atoms with Gasteiger partial charge in [0.15, 0.2) is 11.4 Å². The summed E-state index contributed by atoms with van der Waals surface area (Å²) in [4.78, 5) is 17.2. The van der Waals surface area contributed by atoms with Crippen LogP contribution in [0, 0.1) is 25.7 Å². The number of aryl methyl sites for hydroxylation is 1. The average molecular weight is 354 g/mol. The summed E-state index contributed by atoms with van der Waals surface area (Å²) < 4.78 is 1.61. The van der Waals surface area contributed by atoms with Crippen LogP contribution in [-0.2, 0) is 0 Å². The van der Waals surface area contributed by atoms with Crippen LogP contribution in [0.2, 0.25) is 0 Å². The van der Waals surface area contributed by atoms with Gasteiger partial charge in [-0.1, -0.05) is 12.1 Å². The van der Waals surface area contributed by atoms with Crippen molar-refractivity contribution in [2.24, 2.45) is 11.8 Å². The molecule has 0 unspecified atom stereocenters. The minimum absolute atomic E-state index is 0.0529. The molecule has 138 valence electrons. The SMILES string of the molecule is Cc1cccc(-n2cc(O)c(C(=O)N3C[C@H]4CCN(C)C[C@H]4C3)n2)c1C. The zero-order valence-corrected chi connectivity index (χ0v) is 15.6. The van der Waals surface area contributed by atoms with Gasteiger partial charge >= 0.3 is 0 Å². The van der Waals surface area contributed by atoms with Gasteiger partial charge in [-0.3, -0.25) is 4.79 Å². The fourth-order valence-electron chi connectivity index (χ4n) is 4.29. The Morgan fingerprint density at radius 1 is 1.19 bits per heavy atom. The van der Waals surface area contributed by atoms with Crippen molar-refractivity contribution in [1.82, 2.24) is 19.6 Å². The maximum absolute atomic E-state index is 13.0. The molecular formula is C20H26N4O2. The summed E-state index contributed by atoms with van der Waals surface area (Å²) in [5.41, 5.74) is 3.27. The third-order valence-electron chi connectivity index (χ3n) is 6.01. The summed E-state index contributed by atoms with van der Waals surface area (Å²) in [5.74, 6) is 0.880. The Hall–Kier alpha value is -2.34. The number of aromatic hydroxyl groups is 1. The molecule has 1 N–H and O–H groups in total. The Labute approximate surface area is 154 Å². The number of benzene rings is 1. The summed E-state index contributed by atoms with van der Waals surface area (Å²) in [6.07, 6.45) is 2.67. The minimum Gasteiger partial charge on any atom is -0.504 e. The quantitative estimate of drug-likeness (QED) is 0.898. The van der Waals surface area contributed by atoms with Crippen LogP contribution in [0.15, 0.2) is 24.4 Å². The van der Waals surface area contributed by atoms with Gasteiger partial charge in [0.05, 0.1) is 11.9 Å². The van der Waals surface area contributed by atoms with Gasteiger partial charge in [-0.2, -0.15) is 5.10 Å². The largest absolute Gasteiger partial charge is 0.504 e. The van der Waals surface area contributed by atoms with Crippen molar-refractivity contribution in [2.75, 3.05) is 33.2 Å². The molecule has 1 amide bonds. The van der Waals surface area contributed by atoms with Gasteiger partial charge in [-0.15, -0.1) is 0 Å². The molecular weight excluding hydrogens is 328 g/mol. The van der Waals surface area contributed by atoms with E-state index in [4.69, 9.17) is 0 Å². The monoisotopic (exact) mass is 354 g/mol. The second-order valence-electron chi connectivity index (χ2n) is 7.81. The van der Waals surface area contributed by atoms with Crippen molar-refractivity contribution in [2.45, 2.75) is 20.3 Å². The van der Waals surface area contributed by atoms with Crippen molar-refractivity contribution >= 4 is 5.91 Å². The third-order valence-corrected chi connectivity index (χ3v) is 6.01. The lowest BCUT2D eigenvalue weighted by Crippen LogP contribution is -2.37. The van der Waals surface area contributed by atoms with E-state index in [9.17, 15) is 9.90 Å². The highest BCUT2D eigenvalue weighted by Gasteiger charge is 2.39. The fourth-order valence-corrected chi connectivity index (χ4v) is 4.29. The van der Waals surface area contributed by atoms with E-state index in [-0.39, 0.29) is 17.4 Å². The van der Waals surface area contributed by atoms with Crippen molar-refractivity contribution in [3.63, 3.8) is 0 Å². The van der Waals surface area contributed by atoms with E-state index in [0.717, 1.165) is 49.4 Å². The second-order valence-corrected chi connectivity index (χ2v) is 7.81. The number of fused-ring (bicyclic) bond motifs is 1. The van der Waals surface area contributed by atoms with E-state index in [1.807, 2.05) is 36.9 Å². The number of likely N-dealkylation sites (tertiary alicyclic amines) is 2. The molecule has 1 aromatic heterocycles. The normalized spacial score (nSPS) is 23.3. The first-order valence-corrected chi connectivity index (χ1v) is 9.27. The van der Waals surface area contributed by atoms with Gasteiger partial charge in [0.2, 0.25) is 0 Å². The molecule has 0 bridgehead atoms. The summed E-state index contributed by atoms with van der Waals surface area (Å²) in [5, 5.41) is 14.8. The molecule has 3 heterocycles. The van der Waals surface area contributed by atoms with Crippen molar-refractivity contribution in [1.29, 1.82) is 0 Å². The van der Waals surface area contributed by atoms with E-state index in [0.29, 0.717) is 11.8 Å². The van der Waals surface area contributed by atoms with Crippen LogP contribution in [0.3, 0.4) is 0 Å². The Morgan fingerprint density at radius 3 is 2.77 bits per heavy atom. The Kier molecular flexibility index (Phi) is 4.23. The Balaban J connectivity index is 1.58. The van der Waals surface area contributed by atoms with Crippen molar-refractivity contribution in [3.8, 4) is 11.4 Å². The maximum Gasteiger partial charge on any atom is 0.278 e. The molecule has 2 aliphatic rings. The lowest BCUT2D eigenvalue weighted by molar-refractivity contribution is 0.0774. The van der Waals surface area contributed by atoms with Gasteiger partial charge in [0.25, 0.3) is 5.91 Å². The molecule has 6 nitrogen and oxygen atoms in total. The number of hydrogen-bond acceptors (Lipinski definition) is 4. The van der Waals surface area contributed by atoms with Crippen molar-refractivity contribution in [3.05, 3.63) is 41.2 Å². The van der Waals surface area contributed by atoms with Gasteiger partial charge in [0, 0.05) is 19.6 Å². The van der Waals surface area contributed by atoms with Gasteiger partial charge < -0.3 is 14.9 Å². The Bertz CT molecular complexity index is 844. The molecule has 26 heavy (non-hydrogen) atoms. The Morgan fingerprint density at radius 2 is 1.96 bits per heavy atom. The first-order valence-electron chi connectivity index (χ1n) is 9.27. The van der Waals surface area contributed by atoms with Crippen LogP contribution in [0.25, 0.3) is 5.69 Å². The molecule has 0 saturated carbocycles. The topological polar surface area (TPSA) is 61.6 Å². The van der Waals surface area contributed by atoms with Gasteiger partial charge in [-0.25, -0.2) is 4.68 Å². The number of rotatable bonds is 2. The highest BCUT2D eigenvalue weighted by atomic mass is 16.3. The highest BCUT2D eigenvalue weighted by Crippen LogP contribution is 2.32. The van der Waals surface area contributed by atoms with E-state index >= 15 is 0 Å². The standard InChI is InChI=1S/C20H26N4O2/c1-13-5-4-6-17(14(13)2)24-12-18(25)19(21-24)20(26)23-10-15-7-8-22(3)9-16(15)11-23/h4-6,12,15-16,25H,7-11H2,1-3H3/t15-,16+/m1/s1. The van der Waals surface area contributed by atoms with E-state index in [1.165, 1.54) is 6.20 Å². The number of amides is 1. The summed E-state index contributed by atoms with van der Waals surface area (Å²) in [6, 6.07) is 5.94. The van der Waals surface area contributed by atoms with Crippen LogP contribution in [0.5, 0.6) is 5.75 Å². The minimum atomic E-state index is -0.163. The van der Waals surface area contributed by atoms with Crippen LogP contribution in [0.4, 0.5) is 0 Å². The van der Waals surface area contributed by atoms with E-state index in [1.54, 1.807) is 4.68 Å². The summed E-state index contributed by atoms with van der Waals surface area (Å²) in [7, 11) is 2.14. The molecule has 0 radical (unpaired) electrons. The van der Waals surface area contributed by atoms with Crippen molar-refractivity contribution < 1.29 is 9.90 Å². The molecule has 6 heteroatoms. The first-order chi connectivity index (χ1) is 12.4. The van der Waals surface area contributed by atoms with Crippen LogP contribution < -0.4 is 0 Å². The molecule has 0 aliphatic carbocycles.